The van der Waals surface area contributed by atoms with Crippen LogP contribution in [0, 0.1) is 11.7 Å². The first kappa shape index (κ1) is 14.0. The lowest BCUT2D eigenvalue weighted by molar-refractivity contribution is -0.122. The van der Waals surface area contributed by atoms with Crippen molar-refractivity contribution in [2.75, 3.05) is 0 Å². The maximum Gasteiger partial charge on any atom is 0.220 e. The number of carbonyl (C=O) groups is 1. The molecule has 2 nitrogen and oxygen atoms in total. The molecule has 4 heteroatoms. The monoisotopic (exact) mass is 257 g/mol. The molecule has 1 N–H and O–H groups in total. The van der Waals surface area contributed by atoms with E-state index in [2.05, 4.69) is 5.32 Å². The number of hydrogen-bond acceptors (Lipinski definition) is 1. The Morgan fingerprint density at radius 1 is 1.41 bits per heavy atom. The van der Waals surface area contributed by atoms with Crippen molar-refractivity contribution >= 4 is 17.5 Å². The van der Waals surface area contributed by atoms with E-state index in [0.717, 1.165) is 5.56 Å². The number of rotatable bonds is 4. The summed E-state index contributed by atoms with van der Waals surface area (Å²) < 4.78 is 13.0. The van der Waals surface area contributed by atoms with E-state index in [-0.39, 0.29) is 17.0 Å². The second kappa shape index (κ2) is 6.01. The van der Waals surface area contributed by atoms with E-state index in [9.17, 15) is 9.18 Å². The number of nitrogens with one attached hydrogen (secondary N) is 1. The van der Waals surface area contributed by atoms with Crippen LogP contribution in [0.4, 0.5) is 4.39 Å². The number of amides is 1. The molecule has 0 aliphatic carbocycles. The summed E-state index contributed by atoms with van der Waals surface area (Å²) in [5.74, 6) is -0.136. The normalized spacial score (nSPS) is 12.6. The third-order valence-electron chi connectivity index (χ3n) is 2.41. The maximum atomic E-state index is 13.0. The van der Waals surface area contributed by atoms with Crippen LogP contribution in [-0.2, 0) is 4.79 Å². The van der Waals surface area contributed by atoms with Crippen LogP contribution in [0.1, 0.15) is 38.8 Å². The van der Waals surface area contributed by atoms with Gasteiger partial charge in [-0.05, 0) is 30.5 Å². The summed E-state index contributed by atoms with van der Waals surface area (Å²) in [5, 5.41) is 2.93. The molecule has 1 aromatic rings. The quantitative estimate of drug-likeness (QED) is 0.876. The average molecular weight is 258 g/mol. The summed E-state index contributed by atoms with van der Waals surface area (Å²) in [4.78, 5) is 11.6. The SMILES string of the molecule is CC(C)CC(=O)NC(C)c1ccc(F)c(Cl)c1. The molecule has 0 saturated carbocycles. The topological polar surface area (TPSA) is 29.1 Å². The zero-order valence-corrected chi connectivity index (χ0v) is 11.0. The second-order valence-electron chi connectivity index (χ2n) is 4.56. The highest BCUT2D eigenvalue weighted by Crippen LogP contribution is 2.20. The van der Waals surface area contributed by atoms with E-state index in [1.54, 1.807) is 6.07 Å². The van der Waals surface area contributed by atoms with Crippen LogP contribution in [-0.4, -0.2) is 5.91 Å². The van der Waals surface area contributed by atoms with Crippen LogP contribution in [0.3, 0.4) is 0 Å². The fourth-order valence-electron chi connectivity index (χ4n) is 1.54. The van der Waals surface area contributed by atoms with Gasteiger partial charge in [-0.3, -0.25) is 4.79 Å². The fourth-order valence-corrected chi connectivity index (χ4v) is 1.73. The van der Waals surface area contributed by atoms with E-state index < -0.39 is 5.82 Å². The Morgan fingerprint density at radius 3 is 2.59 bits per heavy atom. The van der Waals surface area contributed by atoms with Gasteiger partial charge in [0.05, 0.1) is 11.1 Å². The lowest BCUT2D eigenvalue weighted by Gasteiger charge is -2.15. The third kappa shape index (κ3) is 4.35. The van der Waals surface area contributed by atoms with Crippen LogP contribution in [0.15, 0.2) is 18.2 Å². The molecular weight excluding hydrogens is 241 g/mol. The van der Waals surface area contributed by atoms with Crippen molar-refractivity contribution in [1.29, 1.82) is 0 Å². The number of benzene rings is 1. The second-order valence-corrected chi connectivity index (χ2v) is 4.97. The van der Waals surface area contributed by atoms with Crippen molar-refractivity contribution in [2.24, 2.45) is 5.92 Å². The molecule has 1 atom stereocenters. The minimum atomic E-state index is -0.448. The van der Waals surface area contributed by atoms with Crippen LogP contribution < -0.4 is 5.32 Å². The minimum absolute atomic E-state index is 0.00653. The van der Waals surface area contributed by atoms with E-state index in [1.807, 2.05) is 20.8 Å². The molecule has 0 aliphatic rings. The van der Waals surface area contributed by atoms with Gasteiger partial charge in [0.2, 0.25) is 5.91 Å². The molecule has 1 rings (SSSR count). The van der Waals surface area contributed by atoms with E-state index in [4.69, 9.17) is 11.6 Å². The first-order chi connectivity index (χ1) is 7.90. The Kier molecular flexibility index (Phi) is 4.94. The van der Waals surface area contributed by atoms with Crippen molar-refractivity contribution in [3.63, 3.8) is 0 Å². The molecule has 0 radical (unpaired) electrons. The van der Waals surface area contributed by atoms with Crippen LogP contribution in [0.25, 0.3) is 0 Å². The van der Waals surface area contributed by atoms with Gasteiger partial charge in [-0.25, -0.2) is 4.39 Å². The van der Waals surface area contributed by atoms with Crippen LogP contribution >= 0.6 is 11.6 Å². The lowest BCUT2D eigenvalue weighted by Crippen LogP contribution is -2.27. The third-order valence-corrected chi connectivity index (χ3v) is 2.70. The van der Waals surface area contributed by atoms with Crippen LogP contribution in [0.2, 0.25) is 5.02 Å². The predicted molar refractivity (Wildman–Crippen MR) is 67.4 cm³/mol. The molecule has 0 saturated heterocycles. The van der Waals surface area contributed by atoms with Gasteiger partial charge in [-0.15, -0.1) is 0 Å². The Labute approximate surface area is 106 Å². The molecule has 1 amide bonds. The summed E-state index contributed by atoms with van der Waals surface area (Å²) >= 11 is 5.69. The Hall–Kier alpha value is -1.09. The van der Waals surface area contributed by atoms with Crippen molar-refractivity contribution < 1.29 is 9.18 Å². The minimum Gasteiger partial charge on any atom is -0.350 e. The summed E-state index contributed by atoms with van der Waals surface area (Å²) in [6, 6.07) is 4.31. The zero-order chi connectivity index (χ0) is 13.0. The van der Waals surface area contributed by atoms with Crippen molar-refractivity contribution in [3.8, 4) is 0 Å². The lowest BCUT2D eigenvalue weighted by atomic mass is 10.1. The fraction of sp³-hybridized carbons (Fsp3) is 0.462. The molecule has 1 aromatic carbocycles. The standard InChI is InChI=1S/C13H17ClFNO/c1-8(2)6-13(17)16-9(3)10-4-5-12(15)11(14)7-10/h4-5,7-9H,6H2,1-3H3,(H,16,17). The molecule has 0 heterocycles. The Bertz CT molecular complexity index is 406. The smallest absolute Gasteiger partial charge is 0.220 e. The predicted octanol–water partition coefficient (Wildman–Crippen LogP) is 3.70. The van der Waals surface area contributed by atoms with Gasteiger partial charge in [0.1, 0.15) is 5.82 Å². The molecule has 0 aliphatic heterocycles. The summed E-state index contributed by atoms with van der Waals surface area (Å²) in [6.45, 7) is 5.82. The van der Waals surface area contributed by atoms with Gasteiger partial charge in [0, 0.05) is 6.42 Å². The first-order valence-corrected chi connectivity index (χ1v) is 6.02. The number of hydrogen-bond donors (Lipinski definition) is 1. The average Bonchev–Trinajstić information content (AvgIpc) is 2.20. The van der Waals surface area contributed by atoms with E-state index in [0.29, 0.717) is 12.3 Å². The van der Waals surface area contributed by atoms with Gasteiger partial charge in [-0.1, -0.05) is 31.5 Å². The van der Waals surface area contributed by atoms with Gasteiger partial charge < -0.3 is 5.32 Å². The summed E-state index contributed by atoms with van der Waals surface area (Å²) in [5.41, 5.74) is 0.800. The molecule has 1 unspecified atom stereocenters. The Balaban J connectivity index is 2.66. The van der Waals surface area contributed by atoms with Crippen molar-refractivity contribution in [3.05, 3.63) is 34.6 Å². The van der Waals surface area contributed by atoms with Crippen LogP contribution in [0.5, 0.6) is 0 Å². The molecular formula is C13H17ClFNO. The molecule has 0 aromatic heterocycles. The molecule has 0 bridgehead atoms. The zero-order valence-electron chi connectivity index (χ0n) is 10.3. The van der Waals surface area contributed by atoms with Gasteiger partial charge in [-0.2, -0.15) is 0 Å². The van der Waals surface area contributed by atoms with E-state index >= 15 is 0 Å². The maximum absolute atomic E-state index is 13.0. The summed E-state index contributed by atoms with van der Waals surface area (Å²) in [7, 11) is 0. The van der Waals surface area contributed by atoms with Crippen molar-refractivity contribution in [1.82, 2.24) is 5.32 Å². The largest absolute Gasteiger partial charge is 0.350 e. The number of halogens is 2. The van der Waals surface area contributed by atoms with Gasteiger partial charge in [0.25, 0.3) is 0 Å². The highest BCUT2D eigenvalue weighted by molar-refractivity contribution is 6.30. The number of carbonyl (C=O) groups excluding carboxylic acids is 1. The molecule has 0 spiro atoms. The first-order valence-electron chi connectivity index (χ1n) is 5.64. The van der Waals surface area contributed by atoms with Crippen molar-refractivity contribution in [2.45, 2.75) is 33.2 Å². The summed E-state index contributed by atoms with van der Waals surface area (Å²) in [6.07, 6.45) is 0.485. The Morgan fingerprint density at radius 2 is 2.06 bits per heavy atom. The molecule has 17 heavy (non-hydrogen) atoms. The highest BCUT2D eigenvalue weighted by atomic mass is 35.5. The van der Waals surface area contributed by atoms with E-state index in [1.165, 1.54) is 12.1 Å². The molecule has 94 valence electrons. The highest BCUT2D eigenvalue weighted by Gasteiger charge is 2.12. The van der Waals surface area contributed by atoms with Gasteiger partial charge in [0.15, 0.2) is 0 Å². The van der Waals surface area contributed by atoms with Gasteiger partial charge >= 0.3 is 0 Å². The molecule has 0 fully saturated rings.